The fourth-order valence-electron chi connectivity index (χ4n) is 0.153. The summed E-state index contributed by atoms with van der Waals surface area (Å²) in [5, 5.41) is 8.22. The summed E-state index contributed by atoms with van der Waals surface area (Å²) in [5.74, 6) is 0. The Morgan fingerprint density at radius 1 is 1.62 bits per heavy atom. The van der Waals surface area contributed by atoms with Gasteiger partial charge in [0.05, 0.1) is 11.6 Å². The number of halogens is 1. The van der Waals surface area contributed by atoms with E-state index in [-0.39, 0.29) is 5.54 Å². The highest BCUT2D eigenvalue weighted by Crippen LogP contribution is 2.20. The SMILES string of the molecule is CC(C#N)[Si](C)(C)F. The molecule has 1 atom stereocenters. The molecule has 0 rings (SSSR count). The lowest BCUT2D eigenvalue weighted by molar-refractivity contribution is 0.768. The Kier molecular flexibility index (Phi) is 2.17. The van der Waals surface area contributed by atoms with E-state index in [1.807, 2.05) is 6.07 Å². The van der Waals surface area contributed by atoms with Gasteiger partial charge in [0.1, 0.15) is 0 Å². The average Bonchev–Trinajstić information content (AvgIpc) is 1.62. The maximum Gasteiger partial charge on any atom is 0.257 e. The van der Waals surface area contributed by atoms with Crippen molar-refractivity contribution in [1.82, 2.24) is 0 Å². The topological polar surface area (TPSA) is 23.8 Å². The number of hydrogen-bond acceptors (Lipinski definition) is 1. The lowest BCUT2D eigenvalue weighted by atomic mass is 10.5. The van der Waals surface area contributed by atoms with Gasteiger partial charge in [-0.1, -0.05) is 0 Å². The Morgan fingerprint density at radius 3 is 2.00 bits per heavy atom. The van der Waals surface area contributed by atoms with Gasteiger partial charge in [0.25, 0.3) is 8.41 Å². The Morgan fingerprint density at radius 2 is 2.00 bits per heavy atom. The van der Waals surface area contributed by atoms with Crippen LogP contribution in [0.1, 0.15) is 6.92 Å². The van der Waals surface area contributed by atoms with Gasteiger partial charge in [-0.05, 0) is 20.0 Å². The minimum absolute atomic E-state index is 0.373. The van der Waals surface area contributed by atoms with Gasteiger partial charge in [0.2, 0.25) is 0 Å². The third kappa shape index (κ3) is 2.08. The molecule has 0 aromatic rings. The van der Waals surface area contributed by atoms with Crippen LogP contribution in [0.15, 0.2) is 0 Å². The number of hydrogen-bond donors (Lipinski definition) is 0. The highest BCUT2D eigenvalue weighted by atomic mass is 28.4. The zero-order valence-corrected chi connectivity index (χ0v) is 6.40. The lowest BCUT2D eigenvalue weighted by Crippen LogP contribution is -2.23. The van der Waals surface area contributed by atoms with Gasteiger partial charge in [-0.2, -0.15) is 5.26 Å². The van der Waals surface area contributed by atoms with Crippen molar-refractivity contribution in [3.05, 3.63) is 0 Å². The van der Waals surface area contributed by atoms with Crippen LogP contribution in [0, 0.1) is 11.3 Å². The Labute approximate surface area is 50.3 Å². The van der Waals surface area contributed by atoms with Crippen LogP contribution in [0.2, 0.25) is 18.6 Å². The molecule has 0 bridgehead atoms. The second kappa shape index (κ2) is 2.27. The molecule has 46 valence electrons. The van der Waals surface area contributed by atoms with Crippen molar-refractivity contribution in [2.24, 2.45) is 0 Å². The van der Waals surface area contributed by atoms with Crippen molar-refractivity contribution in [2.75, 3.05) is 0 Å². The summed E-state index contributed by atoms with van der Waals surface area (Å²) in [7, 11) is -2.62. The molecule has 1 nitrogen and oxygen atoms in total. The van der Waals surface area contributed by atoms with Crippen LogP contribution in [0.25, 0.3) is 0 Å². The quantitative estimate of drug-likeness (QED) is 0.395. The highest BCUT2D eigenvalue weighted by molar-refractivity contribution is 6.72. The molecular weight excluding hydrogens is 121 g/mol. The Hall–Kier alpha value is -0.363. The van der Waals surface area contributed by atoms with E-state index in [1.54, 1.807) is 20.0 Å². The zero-order valence-electron chi connectivity index (χ0n) is 5.40. The largest absolute Gasteiger partial charge is 0.313 e. The summed E-state index contributed by atoms with van der Waals surface area (Å²) in [6.07, 6.45) is 0. The standard InChI is InChI=1S/C5H10FNSi/c1-5(4-7)8(2,3)6/h5H,1-3H3. The summed E-state index contributed by atoms with van der Waals surface area (Å²) in [5.41, 5.74) is -0.373. The molecule has 1 unspecified atom stereocenters. The molecule has 0 aromatic carbocycles. The predicted molar refractivity (Wildman–Crippen MR) is 33.6 cm³/mol. The maximum absolute atomic E-state index is 12.7. The first-order valence-electron chi connectivity index (χ1n) is 2.57. The van der Waals surface area contributed by atoms with Crippen LogP contribution in [0.4, 0.5) is 4.11 Å². The third-order valence-corrected chi connectivity index (χ3v) is 3.41. The third-order valence-electron chi connectivity index (χ3n) is 1.22. The van der Waals surface area contributed by atoms with Crippen LogP contribution in [0.5, 0.6) is 0 Å². The molecule has 0 spiro atoms. The van der Waals surface area contributed by atoms with Gasteiger partial charge in [0.15, 0.2) is 0 Å². The molecule has 0 aromatic heterocycles. The number of nitriles is 1. The van der Waals surface area contributed by atoms with Crippen LogP contribution < -0.4 is 0 Å². The van der Waals surface area contributed by atoms with Crippen molar-refractivity contribution in [2.45, 2.75) is 25.6 Å². The van der Waals surface area contributed by atoms with Crippen LogP contribution >= 0.6 is 0 Å². The monoisotopic (exact) mass is 131 g/mol. The summed E-state index contributed by atoms with van der Waals surface area (Å²) in [6, 6.07) is 1.89. The van der Waals surface area contributed by atoms with Crippen molar-refractivity contribution < 1.29 is 4.11 Å². The van der Waals surface area contributed by atoms with E-state index in [2.05, 4.69) is 0 Å². The molecule has 0 aliphatic heterocycles. The van der Waals surface area contributed by atoms with Crippen LogP contribution in [-0.2, 0) is 0 Å². The van der Waals surface area contributed by atoms with E-state index < -0.39 is 8.41 Å². The first kappa shape index (κ1) is 7.64. The molecule has 0 saturated heterocycles. The number of rotatable bonds is 1. The van der Waals surface area contributed by atoms with E-state index >= 15 is 0 Å². The van der Waals surface area contributed by atoms with E-state index in [1.165, 1.54) is 0 Å². The second-order valence-electron chi connectivity index (χ2n) is 2.42. The Balaban J connectivity index is 3.87. The van der Waals surface area contributed by atoms with Gasteiger partial charge in [-0.25, -0.2) is 0 Å². The molecule has 0 aliphatic carbocycles. The van der Waals surface area contributed by atoms with E-state index in [0.29, 0.717) is 0 Å². The number of nitrogens with zero attached hydrogens (tertiary/aromatic N) is 1. The molecular formula is C5H10FNSi. The van der Waals surface area contributed by atoms with E-state index in [9.17, 15) is 4.11 Å². The van der Waals surface area contributed by atoms with Crippen molar-refractivity contribution in [3.8, 4) is 6.07 Å². The molecule has 0 aliphatic rings. The maximum atomic E-state index is 12.7. The fraction of sp³-hybridized carbons (Fsp3) is 0.800. The zero-order chi connectivity index (χ0) is 6.78. The van der Waals surface area contributed by atoms with Crippen LogP contribution in [0.3, 0.4) is 0 Å². The Bertz CT molecular complexity index is 111. The first-order chi connectivity index (χ1) is 3.48. The minimum Gasteiger partial charge on any atom is -0.313 e. The summed E-state index contributed by atoms with van der Waals surface area (Å²) in [4.78, 5) is 0. The highest BCUT2D eigenvalue weighted by Gasteiger charge is 2.28. The average molecular weight is 131 g/mol. The molecule has 0 saturated carbocycles. The molecule has 0 radical (unpaired) electrons. The smallest absolute Gasteiger partial charge is 0.257 e. The van der Waals surface area contributed by atoms with Gasteiger partial charge >= 0.3 is 0 Å². The van der Waals surface area contributed by atoms with Gasteiger partial charge in [-0.3, -0.25) is 0 Å². The van der Waals surface area contributed by atoms with Crippen molar-refractivity contribution >= 4 is 8.41 Å². The van der Waals surface area contributed by atoms with Crippen molar-refractivity contribution in [1.29, 1.82) is 5.26 Å². The minimum atomic E-state index is -2.62. The first-order valence-corrected chi connectivity index (χ1v) is 5.52. The van der Waals surface area contributed by atoms with E-state index in [0.717, 1.165) is 0 Å². The molecule has 3 heteroatoms. The molecule has 0 N–H and O–H groups in total. The lowest BCUT2D eigenvalue weighted by Gasteiger charge is -2.11. The van der Waals surface area contributed by atoms with Gasteiger partial charge in [-0.15, -0.1) is 0 Å². The molecule has 0 amide bonds. The summed E-state index contributed by atoms with van der Waals surface area (Å²) >= 11 is 0. The van der Waals surface area contributed by atoms with Crippen LogP contribution in [-0.4, -0.2) is 8.41 Å². The normalized spacial score (nSPS) is 14.9. The second-order valence-corrected chi connectivity index (χ2v) is 6.41. The van der Waals surface area contributed by atoms with Gasteiger partial charge < -0.3 is 4.11 Å². The fourth-order valence-corrected chi connectivity index (χ4v) is 0.460. The summed E-state index contributed by atoms with van der Waals surface area (Å²) < 4.78 is 12.7. The molecule has 8 heavy (non-hydrogen) atoms. The summed E-state index contributed by atoms with van der Waals surface area (Å²) in [6.45, 7) is 4.72. The van der Waals surface area contributed by atoms with Crippen molar-refractivity contribution in [3.63, 3.8) is 0 Å². The predicted octanol–water partition coefficient (Wildman–Crippen LogP) is 2.07. The van der Waals surface area contributed by atoms with E-state index in [4.69, 9.17) is 5.26 Å². The molecule has 0 fully saturated rings. The van der Waals surface area contributed by atoms with Gasteiger partial charge in [0, 0.05) is 0 Å². The molecule has 0 heterocycles.